The number of amides is 1. The molecule has 1 amide bonds. The van der Waals surface area contributed by atoms with Crippen molar-refractivity contribution in [3.63, 3.8) is 0 Å². The molecule has 0 saturated carbocycles. The number of rotatable bonds is 9. The molecule has 0 aromatic heterocycles. The van der Waals surface area contributed by atoms with Crippen molar-refractivity contribution in [1.82, 2.24) is 5.32 Å². The van der Waals surface area contributed by atoms with E-state index in [4.69, 9.17) is 9.47 Å². The largest absolute Gasteiger partial charge is 0.497 e. The van der Waals surface area contributed by atoms with Crippen molar-refractivity contribution in [1.29, 1.82) is 0 Å². The second-order valence-electron chi connectivity index (χ2n) is 5.20. The zero-order valence-electron chi connectivity index (χ0n) is 14.1. The molecule has 1 N–H and O–H groups in total. The first kappa shape index (κ1) is 18.7. The van der Waals surface area contributed by atoms with Gasteiger partial charge in [0.15, 0.2) is 0 Å². The van der Waals surface area contributed by atoms with Crippen LogP contribution in [0.4, 0.5) is 0 Å². The van der Waals surface area contributed by atoms with Crippen molar-refractivity contribution < 1.29 is 14.3 Å². The molecule has 1 aromatic rings. The maximum atomic E-state index is 12.3. The van der Waals surface area contributed by atoms with Gasteiger partial charge in [-0.3, -0.25) is 4.79 Å². The number of unbranched alkanes of at least 4 members (excludes halogenated alkanes) is 1. The van der Waals surface area contributed by atoms with Gasteiger partial charge in [-0.15, -0.1) is 11.8 Å². The third-order valence-corrected chi connectivity index (χ3v) is 4.74. The first-order valence-electron chi connectivity index (χ1n) is 7.67. The van der Waals surface area contributed by atoms with Crippen LogP contribution in [-0.4, -0.2) is 31.1 Å². The van der Waals surface area contributed by atoms with Crippen LogP contribution in [0.5, 0.6) is 11.5 Å². The quantitative estimate of drug-likeness (QED) is 0.702. The van der Waals surface area contributed by atoms with E-state index >= 15 is 0 Å². The molecule has 0 fully saturated rings. The fourth-order valence-corrected chi connectivity index (χ4v) is 3.09. The van der Waals surface area contributed by atoms with Gasteiger partial charge in [-0.25, -0.2) is 0 Å². The normalized spacial score (nSPS) is 13.3. The molecule has 1 rings (SSSR count). The number of ether oxygens (including phenoxy) is 2. The minimum absolute atomic E-state index is 0.0504. The van der Waals surface area contributed by atoms with Gasteiger partial charge in [0.25, 0.3) is 0 Å². The monoisotopic (exact) mass is 325 g/mol. The summed E-state index contributed by atoms with van der Waals surface area (Å²) >= 11 is 1.70. The van der Waals surface area contributed by atoms with E-state index in [1.807, 2.05) is 32.0 Å². The number of hydrogen-bond acceptors (Lipinski definition) is 4. The predicted octanol–water partition coefficient (Wildman–Crippen LogP) is 3.80. The SMILES string of the molecule is CCCCSC(C)C(=O)NC(C)c1cc(OC)ccc1OC. The molecule has 1 aromatic carbocycles. The van der Waals surface area contributed by atoms with Crippen molar-refractivity contribution in [2.24, 2.45) is 0 Å². The summed E-state index contributed by atoms with van der Waals surface area (Å²) in [4.78, 5) is 12.3. The molecule has 22 heavy (non-hydrogen) atoms. The summed E-state index contributed by atoms with van der Waals surface area (Å²) < 4.78 is 10.6. The summed E-state index contributed by atoms with van der Waals surface area (Å²) in [7, 11) is 3.25. The zero-order chi connectivity index (χ0) is 16.5. The van der Waals surface area contributed by atoms with Gasteiger partial charge in [0.2, 0.25) is 5.91 Å². The highest BCUT2D eigenvalue weighted by Gasteiger charge is 2.19. The topological polar surface area (TPSA) is 47.6 Å². The lowest BCUT2D eigenvalue weighted by molar-refractivity contribution is -0.120. The Morgan fingerprint density at radius 3 is 2.59 bits per heavy atom. The van der Waals surface area contributed by atoms with E-state index in [1.165, 1.54) is 0 Å². The number of benzene rings is 1. The van der Waals surface area contributed by atoms with Gasteiger partial charge in [0.05, 0.1) is 25.5 Å². The standard InChI is InChI=1S/C17H27NO3S/c1-6-7-10-22-13(3)17(19)18-12(2)15-11-14(20-4)8-9-16(15)21-5/h8-9,11-13H,6-7,10H2,1-5H3,(H,18,19). The van der Waals surface area contributed by atoms with E-state index in [2.05, 4.69) is 12.2 Å². The van der Waals surface area contributed by atoms with Gasteiger partial charge >= 0.3 is 0 Å². The highest BCUT2D eigenvalue weighted by atomic mass is 32.2. The van der Waals surface area contributed by atoms with Crippen LogP contribution in [0.1, 0.15) is 45.2 Å². The van der Waals surface area contributed by atoms with Gasteiger partial charge < -0.3 is 14.8 Å². The first-order valence-corrected chi connectivity index (χ1v) is 8.72. The van der Waals surface area contributed by atoms with Crippen LogP contribution < -0.4 is 14.8 Å². The molecule has 4 nitrogen and oxygen atoms in total. The lowest BCUT2D eigenvalue weighted by atomic mass is 10.1. The van der Waals surface area contributed by atoms with Gasteiger partial charge in [-0.1, -0.05) is 13.3 Å². The Kier molecular flexibility index (Phi) is 8.17. The molecule has 2 atom stereocenters. The lowest BCUT2D eigenvalue weighted by Crippen LogP contribution is -2.33. The average Bonchev–Trinajstić information content (AvgIpc) is 2.54. The van der Waals surface area contributed by atoms with Crippen molar-refractivity contribution in [2.45, 2.75) is 44.9 Å². The van der Waals surface area contributed by atoms with E-state index in [0.29, 0.717) is 0 Å². The number of thioether (sulfide) groups is 1. The summed E-state index contributed by atoms with van der Waals surface area (Å²) in [5, 5.41) is 3.00. The second kappa shape index (κ2) is 9.62. The molecule has 0 saturated heterocycles. The van der Waals surface area contributed by atoms with Crippen LogP contribution in [-0.2, 0) is 4.79 Å². The molecule has 0 aliphatic carbocycles. The van der Waals surface area contributed by atoms with Gasteiger partial charge in [-0.05, 0) is 44.2 Å². The Balaban J connectivity index is 2.71. The van der Waals surface area contributed by atoms with Crippen LogP contribution in [0.2, 0.25) is 0 Å². The van der Waals surface area contributed by atoms with Gasteiger partial charge in [0, 0.05) is 5.56 Å². The number of methoxy groups -OCH3 is 2. The van der Waals surface area contributed by atoms with Gasteiger partial charge in [0.1, 0.15) is 11.5 Å². The molecule has 0 radical (unpaired) electrons. The summed E-state index contributed by atoms with van der Waals surface area (Å²) in [5.74, 6) is 2.57. The highest BCUT2D eigenvalue weighted by molar-refractivity contribution is 8.00. The van der Waals surface area contributed by atoms with E-state index in [-0.39, 0.29) is 17.2 Å². The maximum Gasteiger partial charge on any atom is 0.233 e. The number of carbonyl (C=O) groups excluding carboxylic acids is 1. The molecule has 2 unspecified atom stereocenters. The molecule has 5 heteroatoms. The second-order valence-corrected chi connectivity index (χ2v) is 6.65. The minimum atomic E-state index is -0.133. The van der Waals surface area contributed by atoms with Crippen molar-refractivity contribution >= 4 is 17.7 Å². The lowest BCUT2D eigenvalue weighted by Gasteiger charge is -2.20. The van der Waals surface area contributed by atoms with Crippen LogP contribution in [0.15, 0.2) is 18.2 Å². The highest BCUT2D eigenvalue weighted by Crippen LogP contribution is 2.29. The Labute approximate surface area is 138 Å². The molecule has 0 spiro atoms. The third-order valence-electron chi connectivity index (χ3n) is 3.50. The molecule has 0 aliphatic rings. The fourth-order valence-electron chi connectivity index (χ4n) is 2.07. The molecule has 0 bridgehead atoms. The molecule has 0 aliphatic heterocycles. The van der Waals surface area contributed by atoms with Gasteiger partial charge in [-0.2, -0.15) is 0 Å². The van der Waals surface area contributed by atoms with Crippen molar-refractivity contribution in [2.75, 3.05) is 20.0 Å². The van der Waals surface area contributed by atoms with E-state index in [9.17, 15) is 4.79 Å². The zero-order valence-corrected chi connectivity index (χ0v) is 15.0. The summed E-state index contributed by atoms with van der Waals surface area (Å²) in [6.07, 6.45) is 2.29. The van der Waals surface area contributed by atoms with Crippen LogP contribution in [0.3, 0.4) is 0 Å². The van der Waals surface area contributed by atoms with E-state index in [1.54, 1.807) is 26.0 Å². The van der Waals surface area contributed by atoms with E-state index < -0.39 is 0 Å². The summed E-state index contributed by atoms with van der Waals surface area (Å²) in [6, 6.07) is 5.47. The minimum Gasteiger partial charge on any atom is -0.497 e. The predicted molar refractivity (Wildman–Crippen MR) is 92.9 cm³/mol. The summed E-state index contributed by atoms with van der Waals surface area (Å²) in [5.41, 5.74) is 0.918. The Morgan fingerprint density at radius 1 is 1.27 bits per heavy atom. The Bertz CT molecular complexity index is 479. The molecule has 0 heterocycles. The Hall–Kier alpha value is -1.36. The average molecular weight is 325 g/mol. The van der Waals surface area contributed by atoms with Crippen molar-refractivity contribution in [3.05, 3.63) is 23.8 Å². The van der Waals surface area contributed by atoms with Crippen molar-refractivity contribution in [3.8, 4) is 11.5 Å². The number of carbonyl (C=O) groups is 1. The van der Waals surface area contributed by atoms with Crippen LogP contribution >= 0.6 is 11.8 Å². The maximum absolute atomic E-state index is 12.3. The third kappa shape index (κ3) is 5.44. The van der Waals surface area contributed by atoms with Crippen LogP contribution in [0.25, 0.3) is 0 Å². The smallest absolute Gasteiger partial charge is 0.233 e. The van der Waals surface area contributed by atoms with Crippen LogP contribution in [0, 0.1) is 0 Å². The first-order chi connectivity index (χ1) is 10.5. The molecular formula is C17H27NO3S. The van der Waals surface area contributed by atoms with E-state index in [0.717, 1.165) is 35.7 Å². The summed E-state index contributed by atoms with van der Waals surface area (Å²) in [6.45, 7) is 6.06. The Morgan fingerprint density at radius 2 is 2.00 bits per heavy atom. The fraction of sp³-hybridized carbons (Fsp3) is 0.588. The number of hydrogen-bond donors (Lipinski definition) is 1. The molecule has 124 valence electrons. The molecular weight excluding hydrogens is 298 g/mol. The number of nitrogens with one attached hydrogen (secondary N) is 1.